The Morgan fingerprint density at radius 1 is 0.423 bits per heavy atom. The number of nitrogens with zero attached hydrogens (tertiary/aromatic N) is 1. The number of hydrogen-bond acceptors (Lipinski definition) is 8. The van der Waals surface area contributed by atoms with Crippen molar-refractivity contribution in [2.24, 2.45) is 0 Å². The van der Waals surface area contributed by atoms with E-state index in [1.165, 1.54) is 0 Å². The predicted molar refractivity (Wildman–Crippen MR) is 100.0 cm³/mol. The molecule has 0 aliphatic rings. The highest BCUT2D eigenvalue weighted by Gasteiger charge is 1.94. The van der Waals surface area contributed by atoms with Gasteiger partial charge >= 0.3 is 0 Å². The highest BCUT2D eigenvalue weighted by atomic mass is 16.6. The number of ether oxygens (including phenoxy) is 7. The van der Waals surface area contributed by atoms with E-state index in [1.807, 2.05) is 21.0 Å². The van der Waals surface area contributed by atoms with E-state index in [0.717, 1.165) is 19.8 Å². The molecule has 0 spiro atoms. The minimum atomic E-state index is 0.557. The van der Waals surface area contributed by atoms with E-state index in [2.05, 4.69) is 4.90 Å². The van der Waals surface area contributed by atoms with Crippen LogP contribution in [0.4, 0.5) is 0 Å². The SMILES string of the molecule is CCOCCOCCOCCOCCOCCOCCOCCN(C)C. The van der Waals surface area contributed by atoms with E-state index in [9.17, 15) is 0 Å². The second-order valence-corrected chi connectivity index (χ2v) is 5.67. The van der Waals surface area contributed by atoms with Crippen molar-refractivity contribution in [3.8, 4) is 0 Å². The van der Waals surface area contributed by atoms with Crippen LogP contribution in [0, 0.1) is 0 Å². The lowest BCUT2D eigenvalue weighted by atomic mass is 10.6. The van der Waals surface area contributed by atoms with Crippen molar-refractivity contribution in [2.75, 3.05) is 113 Å². The summed E-state index contributed by atoms with van der Waals surface area (Å²) in [6.45, 7) is 11.3. The van der Waals surface area contributed by atoms with Crippen molar-refractivity contribution in [1.29, 1.82) is 0 Å². The lowest BCUT2D eigenvalue weighted by Crippen LogP contribution is -2.19. The molecule has 0 amide bonds. The van der Waals surface area contributed by atoms with Gasteiger partial charge in [0.15, 0.2) is 0 Å². The Hall–Kier alpha value is -0.320. The average molecular weight is 382 g/mol. The molecule has 0 aromatic heterocycles. The molecule has 0 aromatic carbocycles. The maximum Gasteiger partial charge on any atom is 0.0701 e. The van der Waals surface area contributed by atoms with Crippen molar-refractivity contribution >= 4 is 0 Å². The first kappa shape index (κ1) is 25.7. The summed E-state index contributed by atoms with van der Waals surface area (Å²) in [5, 5.41) is 0. The van der Waals surface area contributed by atoms with Crippen LogP contribution in [-0.4, -0.2) is 118 Å². The molecule has 26 heavy (non-hydrogen) atoms. The fraction of sp³-hybridized carbons (Fsp3) is 1.00. The zero-order chi connectivity index (χ0) is 19.1. The van der Waals surface area contributed by atoms with Crippen molar-refractivity contribution in [1.82, 2.24) is 4.90 Å². The summed E-state index contributed by atoms with van der Waals surface area (Å²) in [5.74, 6) is 0. The van der Waals surface area contributed by atoms with Crippen molar-refractivity contribution < 1.29 is 33.2 Å². The van der Waals surface area contributed by atoms with E-state index in [1.54, 1.807) is 0 Å². The molecule has 0 aromatic rings. The molecule has 0 aliphatic heterocycles. The maximum absolute atomic E-state index is 5.42. The van der Waals surface area contributed by atoms with Crippen LogP contribution in [0.2, 0.25) is 0 Å². The van der Waals surface area contributed by atoms with Gasteiger partial charge < -0.3 is 38.1 Å². The van der Waals surface area contributed by atoms with E-state index in [4.69, 9.17) is 33.2 Å². The molecule has 8 nitrogen and oxygen atoms in total. The number of rotatable bonds is 22. The van der Waals surface area contributed by atoms with Gasteiger partial charge in [0.05, 0.1) is 85.9 Å². The summed E-state index contributed by atoms with van der Waals surface area (Å²) in [6, 6.07) is 0. The summed E-state index contributed by atoms with van der Waals surface area (Å²) in [5.41, 5.74) is 0. The Bertz CT molecular complexity index is 258. The Morgan fingerprint density at radius 3 is 0.962 bits per heavy atom. The van der Waals surface area contributed by atoms with Gasteiger partial charge in [0.25, 0.3) is 0 Å². The van der Waals surface area contributed by atoms with Crippen LogP contribution >= 0.6 is 0 Å². The number of hydrogen-bond donors (Lipinski definition) is 0. The van der Waals surface area contributed by atoms with Gasteiger partial charge in [-0.1, -0.05) is 0 Å². The molecular weight excluding hydrogens is 342 g/mol. The van der Waals surface area contributed by atoms with Crippen LogP contribution in [0.15, 0.2) is 0 Å². The summed E-state index contributed by atoms with van der Waals surface area (Å²) >= 11 is 0. The summed E-state index contributed by atoms with van der Waals surface area (Å²) in [6.07, 6.45) is 0. The first-order valence-corrected chi connectivity index (χ1v) is 9.46. The third-order valence-corrected chi connectivity index (χ3v) is 3.12. The lowest BCUT2D eigenvalue weighted by molar-refractivity contribution is -0.0204. The molecule has 0 atom stereocenters. The molecule has 0 heterocycles. The van der Waals surface area contributed by atoms with Gasteiger partial charge in [-0.2, -0.15) is 0 Å². The third-order valence-electron chi connectivity index (χ3n) is 3.12. The highest BCUT2D eigenvalue weighted by Crippen LogP contribution is 1.85. The molecule has 158 valence electrons. The zero-order valence-corrected chi connectivity index (χ0v) is 16.9. The fourth-order valence-corrected chi connectivity index (χ4v) is 1.71. The van der Waals surface area contributed by atoms with Crippen LogP contribution in [-0.2, 0) is 33.2 Å². The molecule has 0 N–H and O–H groups in total. The van der Waals surface area contributed by atoms with Crippen LogP contribution in [0.25, 0.3) is 0 Å². The Morgan fingerprint density at radius 2 is 0.692 bits per heavy atom. The largest absolute Gasteiger partial charge is 0.379 e. The van der Waals surface area contributed by atoms with Gasteiger partial charge in [0.1, 0.15) is 0 Å². The zero-order valence-electron chi connectivity index (χ0n) is 16.9. The monoisotopic (exact) mass is 381 g/mol. The summed E-state index contributed by atoms with van der Waals surface area (Å²) < 4.78 is 37.5. The highest BCUT2D eigenvalue weighted by molar-refractivity contribution is 4.40. The summed E-state index contributed by atoms with van der Waals surface area (Å²) in [7, 11) is 4.05. The van der Waals surface area contributed by atoms with E-state index in [0.29, 0.717) is 79.3 Å². The topological polar surface area (TPSA) is 67.9 Å². The van der Waals surface area contributed by atoms with Gasteiger partial charge in [0.2, 0.25) is 0 Å². The molecule has 0 saturated carbocycles. The van der Waals surface area contributed by atoms with Gasteiger partial charge in [0, 0.05) is 13.2 Å². The molecule has 0 saturated heterocycles. The smallest absolute Gasteiger partial charge is 0.0701 e. The quantitative estimate of drug-likeness (QED) is 0.254. The number of likely N-dealkylation sites (N-methyl/N-ethyl adjacent to an activating group) is 1. The maximum atomic E-state index is 5.42. The normalized spacial score (nSPS) is 11.5. The Kier molecular flexibility index (Phi) is 22.4. The van der Waals surface area contributed by atoms with Gasteiger partial charge in [-0.05, 0) is 21.0 Å². The van der Waals surface area contributed by atoms with E-state index in [-0.39, 0.29) is 0 Å². The van der Waals surface area contributed by atoms with Crippen LogP contribution in [0.1, 0.15) is 6.92 Å². The average Bonchev–Trinajstić information content (AvgIpc) is 2.62. The van der Waals surface area contributed by atoms with E-state index >= 15 is 0 Å². The fourth-order valence-electron chi connectivity index (χ4n) is 1.71. The van der Waals surface area contributed by atoms with E-state index < -0.39 is 0 Å². The first-order valence-electron chi connectivity index (χ1n) is 9.46. The van der Waals surface area contributed by atoms with Crippen molar-refractivity contribution in [3.63, 3.8) is 0 Å². The molecule has 8 heteroatoms. The summed E-state index contributed by atoms with van der Waals surface area (Å²) in [4.78, 5) is 2.09. The Labute approximate surface area is 158 Å². The molecule has 0 unspecified atom stereocenters. The standard InChI is InChI=1S/C18H39NO7/c1-4-20-7-8-22-11-12-24-15-16-26-18-17-25-14-13-23-10-9-21-6-5-19(2)3/h4-18H2,1-3H3. The first-order chi connectivity index (χ1) is 12.8. The third kappa shape index (κ3) is 23.7. The van der Waals surface area contributed by atoms with Crippen molar-refractivity contribution in [3.05, 3.63) is 0 Å². The minimum absolute atomic E-state index is 0.557. The predicted octanol–water partition coefficient (Wildman–Crippen LogP) is 0.684. The lowest BCUT2D eigenvalue weighted by Gasteiger charge is -2.10. The molecule has 0 fully saturated rings. The second kappa shape index (κ2) is 22.7. The molecule has 0 aliphatic carbocycles. The second-order valence-electron chi connectivity index (χ2n) is 5.67. The van der Waals surface area contributed by atoms with Crippen LogP contribution in [0.5, 0.6) is 0 Å². The Balaban J connectivity index is 2.97. The van der Waals surface area contributed by atoms with Gasteiger partial charge in [-0.15, -0.1) is 0 Å². The molecule has 0 radical (unpaired) electrons. The molecular formula is C18H39NO7. The van der Waals surface area contributed by atoms with Crippen LogP contribution in [0.3, 0.4) is 0 Å². The minimum Gasteiger partial charge on any atom is -0.379 e. The van der Waals surface area contributed by atoms with Crippen LogP contribution < -0.4 is 0 Å². The van der Waals surface area contributed by atoms with Crippen molar-refractivity contribution in [2.45, 2.75) is 6.92 Å². The molecule has 0 bridgehead atoms. The molecule has 0 rings (SSSR count). The van der Waals surface area contributed by atoms with Gasteiger partial charge in [-0.3, -0.25) is 0 Å². The van der Waals surface area contributed by atoms with Gasteiger partial charge in [-0.25, -0.2) is 0 Å².